The van der Waals surface area contributed by atoms with Gasteiger partial charge in [-0.3, -0.25) is 0 Å². The third kappa shape index (κ3) is 1.24. The lowest BCUT2D eigenvalue weighted by atomic mass is 9.78. The molecule has 78 valence electrons. The van der Waals surface area contributed by atoms with Crippen molar-refractivity contribution in [3.05, 3.63) is 42.7 Å². The van der Waals surface area contributed by atoms with Crippen LogP contribution in [0.4, 0.5) is 0 Å². The molecule has 2 aromatic carbocycles. The molecular formula is C12H9BO3. The Kier molecular flexibility index (Phi) is 1.99. The average Bonchev–Trinajstić information content (AvgIpc) is 2.76. The van der Waals surface area contributed by atoms with Crippen LogP contribution >= 0.6 is 0 Å². The normalized spacial score (nSPS) is 11.1. The van der Waals surface area contributed by atoms with Gasteiger partial charge in [0.1, 0.15) is 5.58 Å². The molecule has 4 heteroatoms. The smallest absolute Gasteiger partial charge is 0.465 e. The van der Waals surface area contributed by atoms with E-state index in [1.807, 2.05) is 30.3 Å². The summed E-state index contributed by atoms with van der Waals surface area (Å²) in [5.74, 6) is 0. The zero-order valence-corrected chi connectivity index (χ0v) is 8.42. The Morgan fingerprint density at radius 2 is 1.81 bits per heavy atom. The highest BCUT2D eigenvalue weighted by Gasteiger charge is 2.18. The molecule has 0 spiro atoms. The van der Waals surface area contributed by atoms with Gasteiger partial charge in [0.25, 0.3) is 0 Å². The van der Waals surface area contributed by atoms with Gasteiger partial charge in [0, 0.05) is 10.8 Å². The standard InChI is InChI=1S/C12H9BO3/c14-13(15)11-7-8-3-1-2-4-9(8)10-5-6-16-12(10)11/h1-7,14-15H. The quantitative estimate of drug-likeness (QED) is 0.597. The molecule has 1 heterocycles. The lowest BCUT2D eigenvalue weighted by molar-refractivity contribution is 0.425. The molecule has 1 aromatic heterocycles. The number of fused-ring (bicyclic) bond motifs is 3. The summed E-state index contributed by atoms with van der Waals surface area (Å²) >= 11 is 0. The molecule has 0 aliphatic rings. The van der Waals surface area contributed by atoms with E-state index >= 15 is 0 Å². The summed E-state index contributed by atoms with van der Waals surface area (Å²) in [4.78, 5) is 0. The van der Waals surface area contributed by atoms with Gasteiger partial charge in [-0.2, -0.15) is 0 Å². The van der Waals surface area contributed by atoms with Crippen LogP contribution in [0.3, 0.4) is 0 Å². The van der Waals surface area contributed by atoms with Crippen molar-refractivity contribution in [1.29, 1.82) is 0 Å². The van der Waals surface area contributed by atoms with Crippen LogP contribution < -0.4 is 5.46 Å². The Bertz CT molecular complexity index is 657. The molecule has 0 amide bonds. The van der Waals surface area contributed by atoms with Gasteiger partial charge in [-0.05, 0) is 16.8 Å². The average molecular weight is 212 g/mol. The Balaban J connectivity index is 2.53. The maximum atomic E-state index is 9.30. The highest BCUT2D eigenvalue weighted by Crippen LogP contribution is 2.24. The van der Waals surface area contributed by atoms with Crippen molar-refractivity contribution in [3.8, 4) is 0 Å². The van der Waals surface area contributed by atoms with Crippen LogP contribution in [-0.2, 0) is 0 Å². The summed E-state index contributed by atoms with van der Waals surface area (Å²) in [6.07, 6.45) is 1.56. The van der Waals surface area contributed by atoms with Crippen LogP contribution in [-0.4, -0.2) is 17.2 Å². The van der Waals surface area contributed by atoms with Crippen molar-refractivity contribution in [2.24, 2.45) is 0 Å². The number of rotatable bonds is 1. The fourth-order valence-electron chi connectivity index (χ4n) is 2.04. The minimum absolute atomic E-state index is 0.402. The molecule has 3 nitrogen and oxygen atoms in total. The monoisotopic (exact) mass is 212 g/mol. The van der Waals surface area contributed by atoms with Crippen LogP contribution in [0.1, 0.15) is 0 Å². The molecule has 0 unspecified atom stereocenters. The molecule has 2 N–H and O–H groups in total. The minimum Gasteiger partial charge on any atom is -0.465 e. The van der Waals surface area contributed by atoms with E-state index in [0.29, 0.717) is 11.0 Å². The van der Waals surface area contributed by atoms with E-state index in [9.17, 15) is 10.0 Å². The SMILES string of the molecule is OB(O)c1cc2ccccc2c2ccoc12. The van der Waals surface area contributed by atoms with Gasteiger partial charge < -0.3 is 14.5 Å². The summed E-state index contributed by atoms with van der Waals surface area (Å²) in [5, 5.41) is 21.5. The summed E-state index contributed by atoms with van der Waals surface area (Å²) in [5.41, 5.74) is 0.937. The number of hydrogen-bond donors (Lipinski definition) is 2. The third-order valence-corrected chi connectivity index (χ3v) is 2.77. The molecule has 0 aliphatic carbocycles. The fraction of sp³-hybridized carbons (Fsp3) is 0. The summed E-state index contributed by atoms with van der Waals surface area (Å²) in [6, 6.07) is 11.4. The Morgan fingerprint density at radius 1 is 1.00 bits per heavy atom. The second-order valence-corrected chi connectivity index (χ2v) is 3.72. The van der Waals surface area contributed by atoms with Crippen LogP contribution in [0, 0.1) is 0 Å². The molecule has 0 bridgehead atoms. The zero-order valence-electron chi connectivity index (χ0n) is 8.42. The summed E-state index contributed by atoms with van der Waals surface area (Å²) in [7, 11) is -1.52. The van der Waals surface area contributed by atoms with E-state index in [4.69, 9.17) is 4.42 Å². The summed E-state index contributed by atoms with van der Waals surface area (Å²) in [6.45, 7) is 0. The first-order valence-corrected chi connectivity index (χ1v) is 5.02. The lowest BCUT2D eigenvalue weighted by Gasteiger charge is -2.04. The number of furan rings is 1. The number of hydrogen-bond acceptors (Lipinski definition) is 3. The molecule has 16 heavy (non-hydrogen) atoms. The fourth-order valence-corrected chi connectivity index (χ4v) is 2.04. The maximum Gasteiger partial charge on any atom is 0.492 e. The first kappa shape index (κ1) is 9.45. The van der Waals surface area contributed by atoms with Crippen LogP contribution in [0.25, 0.3) is 21.7 Å². The van der Waals surface area contributed by atoms with Crippen molar-refractivity contribution < 1.29 is 14.5 Å². The predicted molar refractivity (Wildman–Crippen MR) is 63.5 cm³/mol. The third-order valence-electron chi connectivity index (χ3n) is 2.77. The van der Waals surface area contributed by atoms with E-state index in [1.54, 1.807) is 12.3 Å². The van der Waals surface area contributed by atoms with Gasteiger partial charge in [-0.15, -0.1) is 0 Å². The molecule has 3 rings (SSSR count). The van der Waals surface area contributed by atoms with E-state index in [1.165, 1.54) is 0 Å². The Morgan fingerprint density at radius 3 is 2.62 bits per heavy atom. The number of benzene rings is 2. The van der Waals surface area contributed by atoms with E-state index < -0.39 is 7.12 Å². The highest BCUT2D eigenvalue weighted by molar-refractivity contribution is 6.62. The van der Waals surface area contributed by atoms with Crippen molar-refractivity contribution in [1.82, 2.24) is 0 Å². The molecular weight excluding hydrogens is 203 g/mol. The second-order valence-electron chi connectivity index (χ2n) is 3.72. The van der Waals surface area contributed by atoms with Gasteiger partial charge in [0.15, 0.2) is 0 Å². The first-order chi connectivity index (χ1) is 7.77. The van der Waals surface area contributed by atoms with Gasteiger partial charge in [0.2, 0.25) is 0 Å². The van der Waals surface area contributed by atoms with Crippen LogP contribution in [0.2, 0.25) is 0 Å². The minimum atomic E-state index is -1.52. The van der Waals surface area contributed by atoms with Crippen molar-refractivity contribution in [2.45, 2.75) is 0 Å². The molecule has 0 radical (unpaired) electrons. The van der Waals surface area contributed by atoms with Gasteiger partial charge in [0.05, 0.1) is 6.26 Å². The lowest BCUT2D eigenvalue weighted by Crippen LogP contribution is -2.30. The molecule has 0 saturated heterocycles. The van der Waals surface area contributed by atoms with Crippen molar-refractivity contribution in [3.63, 3.8) is 0 Å². The van der Waals surface area contributed by atoms with Crippen molar-refractivity contribution >= 4 is 34.3 Å². The van der Waals surface area contributed by atoms with E-state index in [0.717, 1.165) is 16.2 Å². The maximum absolute atomic E-state index is 9.30. The molecule has 0 fully saturated rings. The largest absolute Gasteiger partial charge is 0.492 e. The highest BCUT2D eigenvalue weighted by atomic mass is 16.4. The van der Waals surface area contributed by atoms with Crippen molar-refractivity contribution in [2.75, 3.05) is 0 Å². The molecule has 3 aromatic rings. The molecule has 0 atom stereocenters. The van der Waals surface area contributed by atoms with Crippen LogP contribution in [0.5, 0.6) is 0 Å². The van der Waals surface area contributed by atoms with Crippen LogP contribution in [0.15, 0.2) is 47.1 Å². The molecule has 0 aliphatic heterocycles. The van der Waals surface area contributed by atoms with Gasteiger partial charge in [-0.1, -0.05) is 30.3 Å². The Hall–Kier alpha value is -1.78. The second kappa shape index (κ2) is 3.37. The van der Waals surface area contributed by atoms with Gasteiger partial charge in [-0.25, -0.2) is 0 Å². The first-order valence-electron chi connectivity index (χ1n) is 5.02. The van der Waals surface area contributed by atoms with E-state index in [-0.39, 0.29) is 0 Å². The Labute approximate surface area is 92.1 Å². The predicted octanol–water partition coefficient (Wildman–Crippen LogP) is 1.27. The zero-order chi connectivity index (χ0) is 11.1. The van der Waals surface area contributed by atoms with Gasteiger partial charge >= 0.3 is 7.12 Å². The topological polar surface area (TPSA) is 53.6 Å². The summed E-state index contributed by atoms with van der Waals surface area (Å²) < 4.78 is 5.30. The molecule has 0 saturated carbocycles. The van der Waals surface area contributed by atoms with E-state index in [2.05, 4.69) is 0 Å².